The summed E-state index contributed by atoms with van der Waals surface area (Å²) >= 11 is 2.46. The van der Waals surface area contributed by atoms with E-state index in [2.05, 4.69) is 20.5 Å². The van der Waals surface area contributed by atoms with Gasteiger partial charge in [-0.2, -0.15) is 0 Å². The molecule has 0 atom stereocenters. The van der Waals surface area contributed by atoms with Crippen LogP contribution in [0.5, 0.6) is 0 Å². The van der Waals surface area contributed by atoms with E-state index in [1.165, 1.54) is 37.1 Å². The molecule has 0 aliphatic rings. The highest BCUT2D eigenvalue weighted by Crippen LogP contribution is 2.33. The van der Waals surface area contributed by atoms with Crippen LogP contribution >= 0.6 is 23.1 Å². The van der Waals surface area contributed by atoms with Crippen LogP contribution in [0.25, 0.3) is 15.9 Å². The van der Waals surface area contributed by atoms with E-state index in [0.29, 0.717) is 31.8 Å². The number of thiophene rings is 1. The monoisotopic (exact) mass is 455 g/mol. The Labute approximate surface area is 184 Å². The van der Waals surface area contributed by atoms with Crippen LogP contribution in [0.1, 0.15) is 32.5 Å². The van der Waals surface area contributed by atoms with Crippen LogP contribution < -0.4 is 5.32 Å². The van der Waals surface area contributed by atoms with Crippen molar-refractivity contribution in [2.75, 3.05) is 18.2 Å². The molecule has 1 N–H and O–H groups in total. The number of rotatable bonds is 6. The number of Topliss-reactive ketones (excluding diaryl/α,β-unsaturated/α-hetero) is 1. The number of methoxy groups -OCH3 is 1. The molecule has 0 spiro atoms. The van der Waals surface area contributed by atoms with Crippen LogP contribution in [0.15, 0.2) is 35.7 Å². The van der Waals surface area contributed by atoms with Crippen molar-refractivity contribution in [2.24, 2.45) is 0 Å². The molecule has 0 aliphatic heterocycles. The number of ether oxygens (including phenoxy) is 1. The minimum atomic E-state index is -0.416. The summed E-state index contributed by atoms with van der Waals surface area (Å²) in [5, 5.41) is 12.4. The maximum Gasteiger partial charge on any atom is 0.348 e. The van der Waals surface area contributed by atoms with Gasteiger partial charge in [0.05, 0.1) is 18.2 Å². The van der Waals surface area contributed by atoms with Crippen molar-refractivity contribution < 1.29 is 19.1 Å². The molecule has 3 heterocycles. The van der Waals surface area contributed by atoms with E-state index < -0.39 is 5.97 Å². The summed E-state index contributed by atoms with van der Waals surface area (Å²) in [4.78, 5) is 41.2. The lowest BCUT2D eigenvalue weighted by Crippen LogP contribution is -2.14. The molecule has 0 unspecified atom stereocenters. The van der Waals surface area contributed by atoms with Gasteiger partial charge in [0.15, 0.2) is 16.6 Å². The first kappa shape index (κ1) is 20.9. The average Bonchev–Trinajstić information content (AvgIpc) is 3.32. The molecule has 0 radical (unpaired) electrons. The number of nitrogens with zero attached hydrogens (tertiary/aromatic N) is 4. The first-order valence-electron chi connectivity index (χ1n) is 9.14. The van der Waals surface area contributed by atoms with Crippen LogP contribution in [0.2, 0.25) is 0 Å². The SMILES string of the molecule is COC(=O)c1sc2ncn3c(SCC(=O)Nc4ccc(C(C)=O)cc4)nnc3c2c1C. The molecular weight excluding hydrogens is 438 g/mol. The van der Waals surface area contributed by atoms with Crippen molar-refractivity contribution in [3.8, 4) is 0 Å². The number of thioether (sulfide) groups is 1. The number of fused-ring (bicyclic) bond motifs is 3. The molecule has 3 aromatic heterocycles. The van der Waals surface area contributed by atoms with Gasteiger partial charge in [-0.1, -0.05) is 11.8 Å². The van der Waals surface area contributed by atoms with Crippen molar-refractivity contribution in [3.63, 3.8) is 0 Å². The largest absolute Gasteiger partial charge is 0.465 e. The van der Waals surface area contributed by atoms with Gasteiger partial charge in [0.2, 0.25) is 5.91 Å². The summed E-state index contributed by atoms with van der Waals surface area (Å²) < 4.78 is 6.53. The average molecular weight is 456 g/mol. The number of aromatic nitrogens is 4. The van der Waals surface area contributed by atoms with Gasteiger partial charge in [-0.05, 0) is 43.7 Å². The highest BCUT2D eigenvalue weighted by Gasteiger charge is 2.21. The first-order valence-corrected chi connectivity index (χ1v) is 10.9. The number of esters is 1. The Bertz CT molecular complexity index is 1330. The smallest absolute Gasteiger partial charge is 0.348 e. The van der Waals surface area contributed by atoms with Crippen LogP contribution in [-0.2, 0) is 9.53 Å². The van der Waals surface area contributed by atoms with Gasteiger partial charge < -0.3 is 10.1 Å². The number of aryl methyl sites for hydroxylation is 1. The van der Waals surface area contributed by atoms with Gasteiger partial charge in [-0.3, -0.25) is 14.0 Å². The minimum Gasteiger partial charge on any atom is -0.465 e. The zero-order valence-electron chi connectivity index (χ0n) is 16.8. The maximum absolute atomic E-state index is 12.3. The number of hydrogen-bond acceptors (Lipinski definition) is 9. The lowest BCUT2D eigenvalue weighted by Gasteiger charge is -2.05. The Morgan fingerprint density at radius 1 is 1.19 bits per heavy atom. The highest BCUT2D eigenvalue weighted by molar-refractivity contribution is 7.99. The minimum absolute atomic E-state index is 0.0330. The van der Waals surface area contributed by atoms with Crippen molar-refractivity contribution >= 4 is 62.3 Å². The number of anilines is 1. The molecule has 1 amide bonds. The summed E-state index contributed by atoms with van der Waals surface area (Å²) in [6.07, 6.45) is 1.58. The van der Waals surface area contributed by atoms with Gasteiger partial charge in [-0.15, -0.1) is 21.5 Å². The van der Waals surface area contributed by atoms with E-state index in [4.69, 9.17) is 4.74 Å². The van der Waals surface area contributed by atoms with Crippen molar-refractivity contribution in [1.82, 2.24) is 19.6 Å². The molecule has 31 heavy (non-hydrogen) atoms. The summed E-state index contributed by atoms with van der Waals surface area (Å²) in [5.74, 6) is -0.551. The second-order valence-electron chi connectivity index (χ2n) is 6.62. The topological polar surface area (TPSA) is 116 Å². The summed E-state index contributed by atoms with van der Waals surface area (Å²) in [6, 6.07) is 6.70. The Morgan fingerprint density at radius 3 is 2.61 bits per heavy atom. The molecule has 4 rings (SSSR count). The molecular formula is C20H17N5O4S2. The number of carbonyl (C=O) groups excluding carboxylic acids is 3. The molecule has 4 aromatic rings. The number of ketones is 1. The standard InChI is InChI=1S/C20H17N5O4S2/c1-10-15-17-23-24-20(25(17)9-21-18(15)31-16(10)19(28)29-3)30-8-14(27)22-13-6-4-12(5-7-13)11(2)26/h4-7,9H,8H2,1-3H3,(H,22,27). The molecule has 0 fully saturated rings. The van der Waals surface area contributed by atoms with Gasteiger partial charge >= 0.3 is 5.97 Å². The third kappa shape index (κ3) is 4.01. The predicted octanol–water partition coefficient (Wildman–Crippen LogP) is 3.37. The van der Waals surface area contributed by atoms with Crippen LogP contribution in [0.3, 0.4) is 0 Å². The Balaban J connectivity index is 1.52. The summed E-state index contributed by atoms with van der Waals surface area (Å²) in [7, 11) is 1.34. The first-order chi connectivity index (χ1) is 14.9. The lowest BCUT2D eigenvalue weighted by atomic mass is 10.1. The quantitative estimate of drug-likeness (QED) is 0.267. The lowest BCUT2D eigenvalue weighted by molar-refractivity contribution is -0.113. The van der Waals surface area contributed by atoms with Crippen LogP contribution in [-0.4, -0.2) is 50.1 Å². The third-order valence-corrected chi connectivity index (χ3v) is 6.71. The van der Waals surface area contributed by atoms with E-state index >= 15 is 0 Å². The van der Waals surface area contributed by atoms with Crippen molar-refractivity contribution in [1.29, 1.82) is 0 Å². The fourth-order valence-corrected chi connectivity index (χ4v) is 4.78. The van der Waals surface area contributed by atoms with E-state index in [0.717, 1.165) is 10.9 Å². The number of nitrogens with one attached hydrogen (secondary N) is 1. The second kappa shape index (κ2) is 8.44. The Morgan fingerprint density at radius 2 is 1.94 bits per heavy atom. The molecule has 1 aromatic carbocycles. The Kier molecular flexibility index (Phi) is 5.70. The molecule has 0 aliphatic carbocycles. The molecule has 158 valence electrons. The summed E-state index contributed by atoms with van der Waals surface area (Å²) in [6.45, 7) is 3.31. The van der Waals surface area contributed by atoms with E-state index in [1.54, 1.807) is 35.0 Å². The van der Waals surface area contributed by atoms with Gasteiger partial charge in [-0.25, -0.2) is 9.78 Å². The third-order valence-electron chi connectivity index (χ3n) is 4.59. The second-order valence-corrected chi connectivity index (χ2v) is 8.56. The number of benzene rings is 1. The summed E-state index contributed by atoms with van der Waals surface area (Å²) in [5.41, 5.74) is 2.49. The molecule has 11 heteroatoms. The molecule has 0 bridgehead atoms. The maximum atomic E-state index is 12.3. The zero-order valence-corrected chi connectivity index (χ0v) is 18.5. The highest BCUT2D eigenvalue weighted by atomic mass is 32.2. The van der Waals surface area contributed by atoms with E-state index in [-0.39, 0.29) is 17.4 Å². The molecule has 0 saturated carbocycles. The van der Waals surface area contributed by atoms with Gasteiger partial charge in [0, 0.05) is 11.3 Å². The number of hydrogen-bond donors (Lipinski definition) is 1. The predicted molar refractivity (Wildman–Crippen MR) is 118 cm³/mol. The van der Waals surface area contributed by atoms with Gasteiger partial charge in [0.25, 0.3) is 0 Å². The normalized spacial score (nSPS) is 11.1. The van der Waals surface area contributed by atoms with Crippen LogP contribution in [0, 0.1) is 6.92 Å². The van der Waals surface area contributed by atoms with E-state index in [9.17, 15) is 14.4 Å². The van der Waals surface area contributed by atoms with Gasteiger partial charge in [0.1, 0.15) is 16.0 Å². The van der Waals surface area contributed by atoms with E-state index in [1.807, 2.05) is 6.92 Å². The molecule has 9 nitrogen and oxygen atoms in total. The number of amides is 1. The number of carbonyl (C=O) groups is 3. The zero-order chi connectivity index (χ0) is 22.1. The van der Waals surface area contributed by atoms with Crippen molar-refractivity contribution in [3.05, 3.63) is 46.6 Å². The fraction of sp³-hybridized carbons (Fsp3) is 0.200. The van der Waals surface area contributed by atoms with Crippen molar-refractivity contribution in [2.45, 2.75) is 19.0 Å². The molecule has 0 saturated heterocycles. The fourth-order valence-electron chi connectivity index (χ4n) is 3.02. The van der Waals surface area contributed by atoms with Crippen LogP contribution in [0.4, 0.5) is 5.69 Å². The Hall–Kier alpha value is -3.31.